The summed E-state index contributed by atoms with van der Waals surface area (Å²) in [5, 5.41) is 3.02. The van der Waals surface area contributed by atoms with E-state index in [-0.39, 0.29) is 11.8 Å². The summed E-state index contributed by atoms with van der Waals surface area (Å²) in [6.07, 6.45) is 0. The molecular weight excluding hydrogens is 219 g/mol. The van der Waals surface area contributed by atoms with Gasteiger partial charge in [-0.25, -0.2) is 9.37 Å². The molecule has 0 aliphatic rings. The van der Waals surface area contributed by atoms with Gasteiger partial charge in [-0.1, -0.05) is 6.07 Å². The predicted octanol–water partition coefficient (Wildman–Crippen LogP) is 2.56. The molecule has 0 saturated heterocycles. The Morgan fingerprint density at radius 2 is 2.00 bits per heavy atom. The lowest BCUT2D eigenvalue weighted by atomic mass is 10.2. The number of hydrogen-bond donors (Lipinski definition) is 2. The Balaban J connectivity index is 2.34. The molecule has 4 nitrogen and oxygen atoms in total. The molecule has 1 heterocycles. The van der Waals surface area contributed by atoms with Crippen molar-refractivity contribution in [3.8, 4) is 0 Å². The Bertz CT molecular complexity index is 534. The van der Waals surface area contributed by atoms with Gasteiger partial charge in [-0.05, 0) is 26.0 Å². The predicted molar refractivity (Wildman–Crippen MR) is 65.6 cm³/mol. The van der Waals surface area contributed by atoms with Crippen LogP contribution in [0.2, 0.25) is 0 Å². The standard InChI is InChI=1S/C12H13FN4/c1-7-6-11(17-12(14)15-7)16-10-5-3-4-9(13)8(10)2/h3-6H,1-2H3,(H3,14,15,16,17). The maximum Gasteiger partial charge on any atom is 0.222 e. The molecular formula is C12H13FN4. The van der Waals surface area contributed by atoms with Crippen LogP contribution in [0.25, 0.3) is 0 Å². The molecule has 0 unspecified atom stereocenters. The van der Waals surface area contributed by atoms with Gasteiger partial charge in [-0.3, -0.25) is 0 Å². The van der Waals surface area contributed by atoms with E-state index in [1.807, 2.05) is 6.92 Å². The molecule has 0 atom stereocenters. The van der Waals surface area contributed by atoms with E-state index in [0.29, 0.717) is 17.1 Å². The van der Waals surface area contributed by atoms with Gasteiger partial charge in [0.05, 0.1) is 0 Å². The third-order valence-electron chi connectivity index (χ3n) is 2.40. The van der Waals surface area contributed by atoms with Crippen molar-refractivity contribution in [3.05, 3.63) is 41.3 Å². The maximum atomic E-state index is 13.3. The fourth-order valence-corrected chi connectivity index (χ4v) is 1.54. The lowest BCUT2D eigenvalue weighted by Gasteiger charge is -2.10. The van der Waals surface area contributed by atoms with E-state index in [0.717, 1.165) is 5.69 Å². The summed E-state index contributed by atoms with van der Waals surface area (Å²) in [6, 6.07) is 6.59. The van der Waals surface area contributed by atoms with Crippen LogP contribution in [0.3, 0.4) is 0 Å². The SMILES string of the molecule is Cc1cc(Nc2cccc(F)c2C)nc(N)n1. The van der Waals surface area contributed by atoms with Crippen LogP contribution in [0.4, 0.5) is 21.8 Å². The van der Waals surface area contributed by atoms with E-state index in [1.54, 1.807) is 25.1 Å². The second kappa shape index (κ2) is 4.37. The van der Waals surface area contributed by atoms with Crippen molar-refractivity contribution in [1.82, 2.24) is 9.97 Å². The van der Waals surface area contributed by atoms with Crippen molar-refractivity contribution in [2.45, 2.75) is 13.8 Å². The number of hydrogen-bond acceptors (Lipinski definition) is 4. The zero-order valence-electron chi connectivity index (χ0n) is 9.66. The number of rotatable bonds is 2. The molecule has 0 fully saturated rings. The summed E-state index contributed by atoms with van der Waals surface area (Å²) in [5.74, 6) is 0.499. The molecule has 2 rings (SSSR count). The fourth-order valence-electron chi connectivity index (χ4n) is 1.54. The average Bonchev–Trinajstić information content (AvgIpc) is 2.23. The van der Waals surface area contributed by atoms with Gasteiger partial charge < -0.3 is 11.1 Å². The number of halogens is 1. The number of aryl methyl sites for hydroxylation is 1. The first-order chi connectivity index (χ1) is 8.06. The highest BCUT2D eigenvalue weighted by Gasteiger charge is 2.05. The highest BCUT2D eigenvalue weighted by atomic mass is 19.1. The third-order valence-corrected chi connectivity index (χ3v) is 2.40. The van der Waals surface area contributed by atoms with E-state index in [1.165, 1.54) is 6.07 Å². The molecule has 17 heavy (non-hydrogen) atoms. The number of nitrogens with one attached hydrogen (secondary N) is 1. The number of nitrogens with two attached hydrogens (primary N) is 1. The van der Waals surface area contributed by atoms with Gasteiger partial charge in [-0.15, -0.1) is 0 Å². The third kappa shape index (κ3) is 2.50. The molecule has 0 amide bonds. The molecule has 3 N–H and O–H groups in total. The zero-order chi connectivity index (χ0) is 12.4. The largest absolute Gasteiger partial charge is 0.368 e. The van der Waals surface area contributed by atoms with E-state index >= 15 is 0 Å². The van der Waals surface area contributed by atoms with Crippen molar-refractivity contribution >= 4 is 17.5 Å². The molecule has 2 aromatic rings. The van der Waals surface area contributed by atoms with Gasteiger partial charge in [0.2, 0.25) is 5.95 Å². The first-order valence-corrected chi connectivity index (χ1v) is 5.19. The monoisotopic (exact) mass is 232 g/mol. The minimum Gasteiger partial charge on any atom is -0.368 e. The van der Waals surface area contributed by atoms with Crippen LogP contribution in [0, 0.1) is 19.7 Å². The first kappa shape index (κ1) is 11.3. The van der Waals surface area contributed by atoms with Crippen LogP contribution >= 0.6 is 0 Å². The second-order valence-corrected chi connectivity index (χ2v) is 3.79. The molecule has 0 spiro atoms. The molecule has 88 valence electrons. The van der Waals surface area contributed by atoms with Gasteiger partial charge in [0.15, 0.2) is 0 Å². The Morgan fingerprint density at radius 1 is 1.24 bits per heavy atom. The Hall–Kier alpha value is -2.17. The van der Waals surface area contributed by atoms with E-state index < -0.39 is 0 Å². The van der Waals surface area contributed by atoms with Gasteiger partial charge in [0.1, 0.15) is 11.6 Å². The average molecular weight is 232 g/mol. The summed E-state index contributed by atoms with van der Waals surface area (Å²) >= 11 is 0. The van der Waals surface area contributed by atoms with Crippen LogP contribution in [-0.2, 0) is 0 Å². The second-order valence-electron chi connectivity index (χ2n) is 3.79. The van der Waals surface area contributed by atoms with E-state index in [2.05, 4.69) is 15.3 Å². The van der Waals surface area contributed by atoms with Crippen LogP contribution in [0.15, 0.2) is 24.3 Å². The zero-order valence-corrected chi connectivity index (χ0v) is 9.66. The van der Waals surface area contributed by atoms with E-state index in [9.17, 15) is 4.39 Å². The lowest BCUT2D eigenvalue weighted by Crippen LogP contribution is -2.02. The molecule has 5 heteroatoms. The van der Waals surface area contributed by atoms with Crippen LogP contribution in [-0.4, -0.2) is 9.97 Å². The maximum absolute atomic E-state index is 13.3. The van der Waals surface area contributed by atoms with Gasteiger partial charge in [0, 0.05) is 23.0 Å². The molecule has 0 aliphatic heterocycles. The smallest absolute Gasteiger partial charge is 0.222 e. The van der Waals surface area contributed by atoms with Crippen molar-refractivity contribution in [2.24, 2.45) is 0 Å². The fraction of sp³-hybridized carbons (Fsp3) is 0.167. The highest BCUT2D eigenvalue weighted by Crippen LogP contribution is 2.21. The molecule has 0 bridgehead atoms. The van der Waals surface area contributed by atoms with E-state index in [4.69, 9.17) is 5.73 Å². The van der Waals surface area contributed by atoms with Crippen LogP contribution < -0.4 is 11.1 Å². The quantitative estimate of drug-likeness (QED) is 0.835. The Labute approximate surface area is 98.7 Å². The molecule has 0 aliphatic carbocycles. The summed E-state index contributed by atoms with van der Waals surface area (Å²) in [7, 11) is 0. The molecule has 1 aromatic carbocycles. The van der Waals surface area contributed by atoms with Crippen molar-refractivity contribution in [3.63, 3.8) is 0 Å². The van der Waals surface area contributed by atoms with Crippen molar-refractivity contribution < 1.29 is 4.39 Å². The number of anilines is 3. The van der Waals surface area contributed by atoms with Gasteiger partial charge in [0.25, 0.3) is 0 Å². The molecule has 1 aromatic heterocycles. The minimum atomic E-state index is -0.256. The first-order valence-electron chi connectivity index (χ1n) is 5.19. The van der Waals surface area contributed by atoms with Gasteiger partial charge in [-0.2, -0.15) is 4.98 Å². The number of nitrogen functional groups attached to an aromatic ring is 1. The Kier molecular flexibility index (Phi) is 2.91. The number of nitrogens with zero attached hydrogens (tertiary/aromatic N) is 2. The topological polar surface area (TPSA) is 63.8 Å². The van der Waals surface area contributed by atoms with Crippen LogP contribution in [0.1, 0.15) is 11.3 Å². The summed E-state index contributed by atoms with van der Waals surface area (Å²) in [4.78, 5) is 8.00. The number of aromatic nitrogens is 2. The summed E-state index contributed by atoms with van der Waals surface area (Å²) in [5.41, 5.74) is 7.52. The van der Waals surface area contributed by atoms with Crippen molar-refractivity contribution in [1.29, 1.82) is 0 Å². The van der Waals surface area contributed by atoms with Gasteiger partial charge >= 0.3 is 0 Å². The number of benzene rings is 1. The molecule has 0 saturated carbocycles. The molecule has 0 radical (unpaired) electrons. The summed E-state index contributed by atoms with van der Waals surface area (Å²) in [6.45, 7) is 3.52. The minimum absolute atomic E-state index is 0.196. The van der Waals surface area contributed by atoms with Crippen LogP contribution in [0.5, 0.6) is 0 Å². The lowest BCUT2D eigenvalue weighted by molar-refractivity contribution is 0.619. The summed E-state index contributed by atoms with van der Waals surface area (Å²) < 4.78 is 13.3. The highest BCUT2D eigenvalue weighted by molar-refractivity contribution is 5.61. The Morgan fingerprint density at radius 3 is 2.71 bits per heavy atom. The van der Waals surface area contributed by atoms with Crippen molar-refractivity contribution in [2.75, 3.05) is 11.1 Å². The normalized spacial score (nSPS) is 10.3.